The fourth-order valence-electron chi connectivity index (χ4n) is 3.94. The fraction of sp³-hybridized carbons (Fsp3) is 0.600. The highest BCUT2D eigenvalue weighted by Gasteiger charge is 2.33. The smallest absolute Gasteiger partial charge is 0.319 e. The number of sulfone groups is 1. The summed E-state index contributed by atoms with van der Waals surface area (Å²) >= 11 is 0. The number of aliphatic carboxylic acids is 1. The lowest BCUT2D eigenvalue weighted by molar-refractivity contribution is -0.134. The number of carbonyl (C=O) groups is 1. The minimum atomic E-state index is -3.93. The first-order chi connectivity index (χ1) is 12.9. The molecular weight excluding hydrogens is 380 g/mol. The van der Waals surface area contributed by atoms with Gasteiger partial charge in [0.25, 0.3) is 0 Å². The van der Waals surface area contributed by atoms with Gasteiger partial charge in [-0.1, -0.05) is 40.0 Å². The molecule has 1 aliphatic rings. The summed E-state index contributed by atoms with van der Waals surface area (Å²) in [5.41, 5.74) is 0.151. The summed E-state index contributed by atoms with van der Waals surface area (Å²) in [5, 5.41) is 19.9. The van der Waals surface area contributed by atoms with Crippen molar-refractivity contribution in [2.75, 3.05) is 5.75 Å². The molecule has 0 spiro atoms. The molecule has 1 aliphatic carbocycles. The first kappa shape index (κ1) is 20.8. The van der Waals surface area contributed by atoms with Crippen molar-refractivity contribution >= 4 is 26.8 Å². The van der Waals surface area contributed by atoms with Gasteiger partial charge in [0.2, 0.25) is 0 Å². The van der Waals surface area contributed by atoms with Gasteiger partial charge in [0.05, 0.1) is 28.1 Å². The Morgan fingerprint density at radius 3 is 2.43 bits per heavy atom. The predicted octanol–water partition coefficient (Wildman–Crippen LogP) is 2.89. The van der Waals surface area contributed by atoms with Gasteiger partial charge in [-0.05, 0) is 31.0 Å². The molecule has 1 aromatic heterocycles. The van der Waals surface area contributed by atoms with E-state index < -0.39 is 27.2 Å². The van der Waals surface area contributed by atoms with Crippen molar-refractivity contribution in [3.05, 3.63) is 24.0 Å². The summed E-state index contributed by atoms with van der Waals surface area (Å²) in [4.78, 5) is 15.5. The highest BCUT2D eigenvalue weighted by Crippen LogP contribution is 2.34. The van der Waals surface area contributed by atoms with Crippen LogP contribution in [0.3, 0.4) is 0 Å². The second-order valence-electron chi connectivity index (χ2n) is 8.86. The number of fused-ring (bicyclic) bond motifs is 1. The number of benzene rings is 1. The SMILES string of the molecule is CC(C)(C)c1nc2cc(S(=O)(=O)CC(=O)O)ccc2n1CC1(O)CCCCC1. The normalized spacial score (nSPS) is 17.7. The quantitative estimate of drug-likeness (QED) is 0.787. The van der Waals surface area contributed by atoms with Gasteiger partial charge in [0.15, 0.2) is 15.6 Å². The third kappa shape index (κ3) is 4.22. The van der Waals surface area contributed by atoms with Crippen LogP contribution in [0.25, 0.3) is 11.0 Å². The van der Waals surface area contributed by atoms with E-state index in [-0.39, 0.29) is 10.3 Å². The molecule has 8 heteroatoms. The third-order valence-electron chi connectivity index (χ3n) is 5.30. The molecule has 28 heavy (non-hydrogen) atoms. The second kappa shape index (κ2) is 7.15. The number of hydrogen-bond donors (Lipinski definition) is 2. The van der Waals surface area contributed by atoms with E-state index in [0.29, 0.717) is 12.1 Å². The first-order valence-corrected chi connectivity index (χ1v) is 11.2. The van der Waals surface area contributed by atoms with Crippen LogP contribution < -0.4 is 0 Å². The Kier molecular flexibility index (Phi) is 5.31. The van der Waals surface area contributed by atoms with Crippen LogP contribution in [-0.2, 0) is 26.6 Å². The monoisotopic (exact) mass is 408 g/mol. The van der Waals surface area contributed by atoms with Gasteiger partial charge in [-0.3, -0.25) is 4.79 Å². The zero-order valence-corrected chi connectivity index (χ0v) is 17.4. The molecule has 0 unspecified atom stereocenters. The van der Waals surface area contributed by atoms with E-state index in [1.165, 1.54) is 12.1 Å². The van der Waals surface area contributed by atoms with Crippen LogP contribution in [0.2, 0.25) is 0 Å². The molecule has 1 fully saturated rings. The van der Waals surface area contributed by atoms with Gasteiger partial charge in [0.1, 0.15) is 5.82 Å². The van der Waals surface area contributed by atoms with Crippen LogP contribution in [0.1, 0.15) is 58.7 Å². The third-order valence-corrected chi connectivity index (χ3v) is 6.90. The summed E-state index contributed by atoms with van der Waals surface area (Å²) in [7, 11) is -3.93. The van der Waals surface area contributed by atoms with Crippen LogP contribution in [0, 0.1) is 0 Å². The molecule has 2 aromatic rings. The largest absolute Gasteiger partial charge is 0.480 e. The zero-order valence-electron chi connectivity index (χ0n) is 16.6. The number of imidazole rings is 1. The fourth-order valence-corrected chi connectivity index (χ4v) is 5.00. The summed E-state index contributed by atoms with van der Waals surface area (Å²) in [6.07, 6.45) is 4.59. The molecule has 0 aliphatic heterocycles. The Hall–Kier alpha value is -1.93. The lowest BCUT2D eigenvalue weighted by atomic mass is 9.84. The molecule has 154 valence electrons. The molecule has 0 radical (unpaired) electrons. The van der Waals surface area contributed by atoms with Crippen LogP contribution in [-0.4, -0.2) is 45.5 Å². The summed E-state index contributed by atoms with van der Waals surface area (Å²) in [6.45, 7) is 6.49. The van der Waals surface area contributed by atoms with Gasteiger partial charge < -0.3 is 14.8 Å². The lowest BCUT2D eigenvalue weighted by Crippen LogP contribution is -2.37. The van der Waals surface area contributed by atoms with Gasteiger partial charge >= 0.3 is 5.97 Å². The van der Waals surface area contributed by atoms with Crippen molar-refractivity contribution in [1.82, 2.24) is 9.55 Å². The minimum absolute atomic E-state index is 0.0520. The van der Waals surface area contributed by atoms with Crippen molar-refractivity contribution in [2.45, 2.75) is 75.3 Å². The summed E-state index contributed by atoms with van der Waals surface area (Å²) < 4.78 is 26.6. The maximum Gasteiger partial charge on any atom is 0.319 e. The number of aliphatic hydroxyl groups is 1. The Morgan fingerprint density at radius 1 is 1.21 bits per heavy atom. The number of carboxylic acid groups (broad SMARTS) is 1. The molecule has 0 atom stereocenters. The van der Waals surface area contributed by atoms with Crippen LogP contribution >= 0.6 is 0 Å². The van der Waals surface area contributed by atoms with E-state index in [9.17, 15) is 18.3 Å². The standard InChI is InChI=1S/C20H28N2O5S/c1-19(2,3)18-21-15-11-14(28(26,27)12-17(23)24)7-8-16(15)22(18)13-20(25)9-5-4-6-10-20/h7-8,11,25H,4-6,9-10,12-13H2,1-3H3,(H,23,24). The average Bonchev–Trinajstić information content (AvgIpc) is 2.92. The molecule has 0 amide bonds. The van der Waals surface area contributed by atoms with Gasteiger partial charge in [-0.15, -0.1) is 0 Å². The summed E-state index contributed by atoms with van der Waals surface area (Å²) in [5.74, 6) is -1.57. The average molecular weight is 409 g/mol. The highest BCUT2D eigenvalue weighted by atomic mass is 32.2. The topological polar surface area (TPSA) is 109 Å². The number of nitrogens with zero attached hydrogens (tertiary/aromatic N) is 2. The highest BCUT2D eigenvalue weighted by molar-refractivity contribution is 7.92. The van der Waals surface area contributed by atoms with E-state index in [2.05, 4.69) is 4.98 Å². The van der Waals surface area contributed by atoms with Crippen LogP contribution in [0.15, 0.2) is 23.1 Å². The maximum atomic E-state index is 12.3. The Bertz CT molecular complexity index is 996. The number of hydrogen-bond acceptors (Lipinski definition) is 5. The van der Waals surface area contributed by atoms with Crippen molar-refractivity contribution in [2.24, 2.45) is 0 Å². The number of aromatic nitrogens is 2. The van der Waals surface area contributed by atoms with Crippen molar-refractivity contribution in [1.29, 1.82) is 0 Å². The molecule has 3 rings (SSSR count). The van der Waals surface area contributed by atoms with Crippen LogP contribution in [0.5, 0.6) is 0 Å². The molecule has 2 N–H and O–H groups in total. The van der Waals surface area contributed by atoms with Gasteiger partial charge in [0, 0.05) is 5.41 Å². The maximum absolute atomic E-state index is 12.3. The van der Waals surface area contributed by atoms with Crippen molar-refractivity contribution in [3.63, 3.8) is 0 Å². The molecule has 0 saturated heterocycles. The van der Waals surface area contributed by atoms with E-state index in [0.717, 1.165) is 43.4 Å². The molecule has 0 bridgehead atoms. The number of rotatable bonds is 5. The second-order valence-corrected chi connectivity index (χ2v) is 10.8. The molecule has 1 saturated carbocycles. The van der Waals surface area contributed by atoms with Crippen molar-refractivity contribution in [3.8, 4) is 0 Å². The summed E-state index contributed by atoms with van der Waals surface area (Å²) in [6, 6.07) is 4.53. The van der Waals surface area contributed by atoms with Crippen molar-refractivity contribution < 1.29 is 23.4 Å². The molecule has 1 heterocycles. The van der Waals surface area contributed by atoms with E-state index in [1.807, 2.05) is 25.3 Å². The minimum Gasteiger partial charge on any atom is -0.480 e. The van der Waals surface area contributed by atoms with E-state index >= 15 is 0 Å². The van der Waals surface area contributed by atoms with E-state index in [4.69, 9.17) is 5.11 Å². The van der Waals surface area contributed by atoms with Crippen LogP contribution in [0.4, 0.5) is 0 Å². The molecule has 1 aromatic carbocycles. The Balaban J connectivity index is 2.10. The Labute approximate surface area is 165 Å². The lowest BCUT2D eigenvalue weighted by Gasteiger charge is -2.34. The molecular formula is C20H28N2O5S. The first-order valence-electron chi connectivity index (χ1n) is 9.59. The molecule has 7 nitrogen and oxygen atoms in total. The zero-order chi connectivity index (χ0) is 20.7. The Morgan fingerprint density at radius 2 is 1.86 bits per heavy atom. The number of carboxylic acids is 1. The van der Waals surface area contributed by atoms with Gasteiger partial charge in [-0.25, -0.2) is 13.4 Å². The van der Waals surface area contributed by atoms with Gasteiger partial charge in [-0.2, -0.15) is 0 Å². The predicted molar refractivity (Wildman–Crippen MR) is 106 cm³/mol. The van der Waals surface area contributed by atoms with E-state index in [1.54, 1.807) is 6.07 Å².